The number of carbonyl (C=O) groups is 1. The molecule has 4 rings (SSSR count). The maximum atomic E-state index is 12.2. The number of hydrogen-bond acceptors (Lipinski definition) is 5. The van der Waals surface area contributed by atoms with E-state index in [2.05, 4.69) is 31.9 Å². The molecule has 0 bridgehead atoms. The molecule has 2 aromatic carbocycles. The maximum absolute atomic E-state index is 12.2. The molecule has 1 amide bonds. The van der Waals surface area contributed by atoms with Gasteiger partial charge in [-0.2, -0.15) is 4.68 Å². The summed E-state index contributed by atoms with van der Waals surface area (Å²) in [5, 5.41) is 17.0. The predicted octanol–water partition coefficient (Wildman–Crippen LogP) is 3.25. The number of rotatable bonds is 7. The van der Waals surface area contributed by atoms with E-state index in [1.807, 2.05) is 36.5 Å². The summed E-state index contributed by atoms with van der Waals surface area (Å²) in [5.41, 5.74) is 3.08. The fourth-order valence-electron chi connectivity index (χ4n) is 2.87. The van der Waals surface area contributed by atoms with E-state index in [-0.39, 0.29) is 11.7 Å². The highest BCUT2D eigenvalue weighted by atomic mass is 35.5. The lowest BCUT2D eigenvalue weighted by Gasteiger charge is -2.06. The van der Waals surface area contributed by atoms with Crippen LogP contribution in [-0.4, -0.2) is 43.4 Å². The molecular formula is C19H17ClN6OS. The van der Waals surface area contributed by atoms with Gasteiger partial charge in [0.15, 0.2) is 0 Å². The van der Waals surface area contributed by atoms with Crippen LogP contribution in [0, 0.1) is 0 Å². The van der Waals surface area contributed by atoms with E-state index in [1.54, 1.807) is 16.8 Å². The summed E-state index contributed by atoms with van der Waals surface area (Å²) in [4.78, 5) is 15.4. The van der Waals surface area contributed by atoms with Crippen LogP contribution in [0.15, 0.2) is 59.9 Å². The van der Waals surface area contributed by atoms with Gasteiger partial charge >= 0.3 is 0 Å². The lowest BCUT2D eigenvalue weighted by molar-refractivity contribution is -0.118. The third-order valence-corrected chi connectivity index (χ3v) is 5.41. The van der Waals surface area contributed by atoms with Crippen molar-refractivity contribution in [3.05, 3.63) is 65.3 Å². The summed E-state index contributed by atoms with van der Waals surface area (Å²) in [5.74, 6) is 0.178. The molecule has 0 spiro atoms. The number of halogens is 1. The summed E-state index contributed by atoms with van der Waals surface area (Å²) in [6, 6.07) is 15.3. The van der Waals surface area contributed by atoms with Gasteiger partial charge in [-0.1, -0.05) is 41.6 Å². The first-order valence-electron chi connectivity index (χ1n) is 8.69. The smallest absolute Gasteiger partial charge is 0.230 e. The van der Waals surface area contributed by atoms with E-state index >= 15 is 0 Å². The molecule has 9 heteroatoms. The average molecular weight is 413 g/mol. The lowest BCUT2D eigenvalue weighted by Crippen LogP contribution is -2.27. The van der Waals surface area contributed by atoms with Gasteiger partial charge in [0.2, 0.25) is 11.1 Å². The van der Waals surface area contributed by atoms with Crippen molar-refractivity contribution in [3.8, 4) is 5.69 Å². The van der Waals surface area contributed by atoms with Crippen molar-refractivity contribution in [1.29, 1.82) is 0 Å². The van der Waals surface area contributed by atoms with E-state index in [1.165, 1.54) is 22.7 Å². The maximum Gasteiger partial charge on any atom is 0.230 e. The van der Waals surface area contributed by atoms with Crippen molar-refractivity contribution in [2.24, 2.45) is 0 Å². The van der Waals surface area contributed by atoms with Gasteiger partial charge in [-0.25, -0.2) is 0 Å². The van der Waals surface area contributed by atoms with E-state index in [4.69, 9.17) is 11.6 Å². The Morgan fingerprint density at radius 1 is 1.18 bits per heavy atom. The molecule has 28 heavy (non-hydrogen) atoms. The van der Waals surface area contributed by atoms with Crippen molar-refractivity contribution in [1.82, 2.24) is 30.5 Å². The number of fused-ring (bicyclic) bond motifs is 1. The lowest BCUT2D eigenvalue weighted by atomic mass is 10.1. The number of benzene rings is 2. The van der Waals surface area contributed by atoms with E-state index in [9.17, 15) is 4.79 Å². The van der Waals surface area contributed by atoms with Gasteiger partial charge in [0.05, 0.1) is 11.4 Å². The van der Waals surface area contributed by atoms with Crippen LogP contribution in [0.25, 0.3) is 16.6 Å². The quantitative estimate of drug-likeness (QED) is 0.455. The molecule has 7 nitrogen and oxygen atoms in total. The van der Waals surface area contributed by atoms with E-state index in [0.717, 1.165) is 17.6 Å². The molecule has 0 saturated heterocycles. The van der Waals surface area contributed by atoms with Crippen LogP contribution in [0.3, 0.4) is 0 Å². The Morgan fingerprint density at radius 2 is 2.00 bits per heavy atom. The Kier molecular flexibility index (Phi) is 5.59. The number of carbonyl (C=O) groups excluding carboxylic acids is 1. The van der Waals surface area contributed by atoms with E-state index < -0.39 is 0 Å². The first-order chi connectivity index (χ1) is 13.7. The van der Waals surface area contributed by atoms with Crippen LogP contribution < -0.4 is 5.32 Å². The number of H-pyrrole nitrogens is 1. The largest absolute Gasteiger partial charge is 0.361 e. The minimum atomic E-state index is -0.0597. The summed E-state index contributed by atoms with van der Waals surface area (Å²) < 4.78 is 1.58. The van der Waals surface area contributed by atoms with Crippen LogP contribution in [-0.2, 0) is 11.2 Å². The minimum absolute atomic E-state index is 0.0597. The second-order valence-electron chi connectivity index (χ2n) is 6.10. The van der Waals surface area contributed by atoms with Crippen molar-refractivity contribution in [2.75, 3.05) is 12.3 Å². The van der Waals surface area contributed by atoms with Crippen LogP contribution in [0.4, 0.5) is 0 Å². The number of aromatic amines is 1. The van der Waals surface area contributed by atoms with Gasteiger partial charge in [0.1, 0.15) is 0 Å². The molecule has 2 N–H and O–H groups in total. The second-order valence-corrected chi connectivity index (χ2v) is 7.48. The fraction of sp³-hybridized carbons (Fsp3) is 0.158. The van der Waals surface area contributed by atoms with E-state index in [0.29, 0.717) is 16.7 Å². The SMILES string of the molecule is O=C(CSc1nnnn1-c1ccc(Cl)cc1)NCCc1c[nH]c2ccccc12. The summed E-state index contributed by atoms with van der Waals surface area (Å²) in [6.07, 6.45) is 2.76. The van der Waals surface area contributed by atoms with Crippen LogP contribution in [0.5, 0.6) is 0 Å². The normalized spacial score (nSPS) is 11.0. The van der Waals surface area contributed by atoms with Gasteiger partial charge in [0.25, 0.3) is 0 Å². The number of nitrogens with zero attached hydrogens (tertiary/aromatic N) is 4. The molecule has 142 valence electrons. The van der Waals surface area contributed by atoms with Crippen molar-refractivity contribution < 1.29 is 4.79 Å². The zero-order chi connectivity index (χ0) is 19.3. The Bertz CT molecular complexity index is 1090. The molecule has 2 heterocycles. The molecule has 0 atom stereocenters. The molecular weight excluding hydrogens is 396 g/mol. The summed E-state index contributed by atoms with van der Waals surface area (Å²) in [7, 11) is 0. The van der Waals surface area contributed by atoms with Crippen molar-refractivity contribution in [2.45, 2.75) is 11.6 Å². The second kappa shape index (κ2) is 8.45. The molecule has 0 aliphatic carbocycles. The number of nitrogens with one attached hydrogen (secondary N) is 2. The third kappa shape index (κ3) is 4.18. The molecule has 0 radical (unpaired) electrons. The van der Waals surface area contributed by atoms with Gasteiger partial charge in [-0.3, -0.25) is 4.79 Å². The van der Waals surface area contributed by atoms with Gasteiger partial charge in [0, 0.05) is 28.7 Å². The van der Waals surface area contributed by atoms with Crippen molar-refractivity contribution >= 4 is 40.2 Å². The zero-order valence-electron chi connectivity index (χ0n) is 14.8. The minimum Gasteiger partial charge on any atom is -0.361 e. The number of aromatic nitrogens is 5. The topological polar surface area (TPSA) is 88.5 Å². The number of thioether (sulfide) groups is 1. The molecule has 0 aliphatic heterocycles. The molecule has 0 fully saturated rings. The first-order valence-corrected chi connectivity index (χ1v) is 10.1. The first kappa shape index (κ1) is 18.5. The van der Waals surface area contributed by atoms with Crippen LogP contribution in [0.1, 0.15) is 5.56 Å². The molecule has 0 aliphatic rings. The fourth-order valence-corrected chi connectivity index (χ4v) is 3.72. The molecule has 4 aromatic rings. The van der Waals surface area contributed by atoms with Crippen molar-refractivity contribution in [3.63, 3.8) is 0 Å². The summed E-state index contributed by atoms with van der Waals surface area (Å²) >= 11 is 7.20. The number of tetrazole rings is 1. The highest BCUT2D eigenvalue weighted by Gasteiger charge is 2.12. The third-order valence-electron chi connectivity index (χ3n) is 4.24. The van der Waals surface area contributed by atoms with Gasteiger partial charge < -0.3 is 10.3 Å². The molecule has 0 saturated carbocycles. The highest BCUT2D eigenvalue weighted by Crippen LogP contribution is 2.20. The number of hydrogen-bond donors (Lipinski definition) is 2. The standard InChI is InChI=1S/C19H17ClN6OS/c20-14-5-7-15(8-6-14)26-19(23-24-25-26)28-12-18(27)21-10-9-13-11-22-17-4-2-1-3-16(13)17/h1-8,11,22H,9-10,12H2,(H,21,27). The van der Waals surface area contributed by atoms with Gasteiger partial charge in [-0.05, 0) is 52.7 Å². The monoisotopic (exact) mass is 412 g/mol. The number of amides is 1. The highest BCUT2D eigenvalue weighted by molar-refractivity contribution is 7.99. The average Bonchev–Trinajstić information content (AvgIpc) is 3.34. The summed E-state index contributed by atoms with van der Waals surface area (Å²) in [6.45, 7) is 0.573. The zero-order valence-corrected chi connectivity index (χ0v) is 16.4. The predicted molar refractivity (Wildman–Crippen MR) is 110 cm³/mol. The van der Waals surface area contributed by atoms with Crippen LogP contribution >= 0.6 is 23.4 Å². The number of para-hydroxylation sites is 1. The Labute approximate surface area is 170 Å². The van der Waals surface area contributed by atoms with Gasteiger partial charge in [-0.15, -0.1) is 5.10 Å². The molecule has 2 aromatic heterocycles. The Morgan fingerprint density at radius 3 is 2.86 bits per heavy atom. The van der Waals surface area contributed by atoms with Crippen LogP contribution in [0.2, 0.25) is 5.02 Å². The molecule has 0 unspecified atom stereocenters. The Hall–Kier alpha value is -2.84. The Balaban J connectivity index is 1.29.